The van der Waals surface area contributed by atoms with Gasteiger partial charge in [-0.25, -0.2) is 12.8 Å². The summed E-state index contributed by atoms with van der Waals surface area (Å²) in [5.41, 5.74) is 6.10. The van der Waals surface area contributed by atoms with Gasteiger partial charge in [0.25, 0.3) is 10.0 Å². The number of halogens is 2. The number of aromatic nitrogens is 2. The van der Waals surface area contributed by atoms with E-state index in [1.165, 1.54) is 16.8 Å². The third-order valence-corrected chi connectivity index (χ3v) is 4.93. The Morgan fingerprint density at radius 2 is 2.10 bits per heavy atom. The van der Waals surface area contributed by atoms with Crippen molar-refractivity contribution >= 4 is 37.5 Å². The average Bonchev–Trinajstić information content (AvgIpc) is 2.58. The third-order valence-electron chi connectivity index (χ3n) is 2.74. The molecule has 0 aliphatic rings. The van der Waals surface area contributed by atoms with Crippen LogP contribution in [0.1, 0.15) is 5.69 Å². The van der Waals surface area contributed by atoms with Crippen LogP contribution in [0.3, 0.4) is 0 Å². The van der Waals surface area contributed by atoms with E-state index in [9.17, 15) is 12.8 Å². The molecule has 2 aromatic rings. The molecule has 3 N–H and O–H groups in total. The molecule has 20 heavy (non-hydrogen) atoms. The van der Waals surface area contributed by atoms with Crippen molar-refractivity contribution in [2.75, 3.05) is 10.5 Å². The minimum atomic E-state index is -3.92. The van der Waals surface area contributed by atoms with Crippen molar-refractivity contribution in [3.05, 3.63) is 34.2 Å². The highest BCUT2D eigenvalue weighted by molar-refractivity contribution is 9.10. The molecule has 0 bridgehead atoms. The monoisotopic (exact) mass is 362 g/mol. The highest BCUT2D eigenvalue weighted by atomic mass is 79.9. The van der Waals surface area contributed by atoms with Gasteiger partial charge in [-0.05, 0) is 41.1 Å². The first-order valence-electron chi connectivity index (χ1n) is 5.49. The number of aryl methyl sites for hydroxylation is 1. The maximum Gasteiger partial charge on any atom is 0.267 e. The second kappa shape index (κ2) is 5.06. The minimum absolute atomic E-state index is 0.102. The maximum absolute atomic E-state index is 13.4. The molecule has 2 rings (SSSR count). The molecule has 1 heterocycles. The van der Waals surface area contributed by atoms with Crippen LogP contribution in [-0.4, -0.2) is 18.2 Å². The predicted molar refractivity (Wildman–Crippen MR) is 77.3 cm³/mol. The number of hydrogen-bond donors (Lipinski definition) is 2. The van der Waals surface area contributed by atoms with Gasteiger partial charge >= 0.3 is 0 Å². The SMILES string of the molecule is Cc1c(S(=O)(=O)Nc2ccc(Br)c(F)c2)c(N)nn1C. The number of sulfonamides is 1. The van der Waals surface area contributed by atoms with Crippen molar-refractivity contribution in [1.82, 2.24) is 9.78 Å². The van der Waals surface area contributed by atoms with Crippen LogP contribution in [0, 0.1) is 12.7 Å². The number of hydrogen-bond acceptors (Lipinski definition) is 4. The lowest BCUT2D eigenvalue weighted by Gasteiger charge is -2.08. The zero-order valence-corrected chi connectivity index (χ0v) is 13.1. The number of nitrogen functional groups attached to an aromatic ring is 1. The van der Waals surface area contributed by atoms with E-state index in [0.29, 0.717) is 5.69 Å². The van der Waals surface area contributed by atoms with Crippen LogP contribution in [0.4, 0.5) is 15.9 Å². The van der Waals surface area contributed by atoms with Crippen LogP contribution in [0.5, 0.6) is 0 Å². The number of nitrogens with two attached hydrogens (primary N) is 1. The summed E-state index contributed by atoms with van der Waals surface area (Å²) in [7, 11) is -2.34. The number of benzene rings is 1. The van der Waals surface area contributed by atoms with Crippen LogP contribution < -0.4 is 10.5 Å². The van der Waals surface area contributed by atoms with Gasteiger partial charge in [0.05, 0.1) is 15.9 Å². The molecule has 0 aliphatic heterocycles. The molecular formula is C11H12BrFN4O2S. The Morgan fingerprint density at radius 1 is 1.45 bits per heavy atom. The number of nitrogens with zero attached hydrogens (tertiary/aromatic N) is 2. The van der Waals surface area contributed by atoms with Crippen molar-refractivity contribution in [3.8, 4) is 0 Å². The van der Waals surface area contributed by atoms with E-state index in [1.54, 1.807) is 14.0 Å². The molecule has 0 fully saturated rings. The zero-order chi connectivity index (χ0) is 15.1. The Labute approximate surface area is 124 Å². The highest BCUT2D eigenvalue weighted by Crippen LogP contribution is 2.25. The van der Waals surface area contributed by atoms with Crippen LogP contribution in [0.25, 0.3) is 0 Å². The van der Waals surface area contributed by atoms with Gasteiger partial charge in [-0.1, -0.05) is 0 Å². The molecular weight excluding hydrogens is 351 g/mol. The number of anilines is 2. The Bertz CT molecular complexity index is 773. The van der Waals surface area contributed by atoms with E-state index < -0.39 is 15.8 Å². The molecule has 108 valence electrons. The maximum atomic E-state index is 13.4. The molecule has 0 saturated heterocycles. The van der Waals surface area contributed by atoms with Crippen molar-refractivity contribution in [1.29, 1.82) is 0 Å². The second-order valence-electron chi connectivity index (χ2n) is 4.16. The van der Waals surface area contributed by atoms with Gasteiger partial charge < -0.3 is 5.73 Å². The second-order valence-corrected chi connectivity index (χ2v) is 6.63. The molecule has 0 spiro atoms. The van der Waals surface area contributed by atoms with Crippen LogP contribution in [0.2, 0.25) is 0 Å². The fourth-order valence-corrected chi connectivity index (χ4v) is 3.34. The largest absolute Gasteiger partial charge is 0.381 e. The fourth-order valence-electron chi connectivity index (χ4n) is 1.71. The lowest BCUT2D eigenvalue weighted by Crippen LogP contribution is -2.15. The summed E-state index contributed by atoms with van der Waals surface area (Å²) < 4.78 is 41.8. The van der Waals surface area contributed by atoms with E-state index in [-0.39, 0.29) is 20.9 Å². The fraction of sp³-hybridized carbons (Fsp3) is 0.182. The zero-order valence-electron chi connectivity index (χ0n) is 10.7. The van der Waals surface area contributed by atoms with Crippen LogP contribution >= 0.6 is 15.9 Å². The van der Waals surface area contributed by atoms with E-state index in [2.05, 4.69) is 25.8 Å². The van der Waals surface area contributed by atoms with Crippen molar-refractivity contribution in [2.24, 2.45) is 7.05 Å². The summed E-state index contributed by atoms with van der Waals surface area (Å²) in [5.74, 6) is -0.670. The quantitative estimate of drug-likeness (QED) is 0.873. The molecule has 0 aliphatic carbocycles. The molecule has 1 aromatic heterocycles. The van der Waals surface area contributed by atoms with Crippen LogP contribution in [0.15, 0.2) is 27.6 Å². The Morgan fingerprint density at radius 3 is 2.60 bits per heavy atom. The van der Waals surface area contributed by atoms with E-state index >= 15 is 0 Å². The molecule has 0 radical (unpaired) electrons. The number of nitrogens with one attached hydrogen (secondary N) is 1. The standard InChI is InChI=1S/C11H12BrFN4O2S/c1-6-10(11(14)15-17(6)2)20(18,19)16-7-3-4-8(12)9(13)5-7/h3-5,16H,1-2H3,(H2,14,15). The Kier molecular flexibility index (Phi) is 3.74. The average molecular weight is 363 g/mol. The molecule has 0 amide bonds. The molecule has 9 heteroatoms. The van der Waals surface area contributed by atoms with Crippen molar-refractivity contribution < 1.29 is 12.8 Å². The summed E-state index contributed by atoms with van der Waals surface area (Å²) in [5, 5.41) is 3.84. The highest BCUT2D eigenvalue weighted by Gasteiger charge is 2.24. The summed E-state index contributed by atoms with van der Waals surface area (Å²) in [4.78, 5) is -0.108. The van der Waals surface area contributed by atoms with Crippen molar-refractivity contribution in [2.45, 2.75) is 11.8 Å². The van der Waals surface area contributed by atoms with Gasteiger partial charge in [-0.15, -0.1) is 0 Å². The van der Waals surface area contributed by atoms with Gasteiger partial charge in [0.2, 0.25) is 0 Å². The third kappa shape index (κ3) is 2.63. The normalized spacial score (nSPS) is 11.6. The van der Waals surface area contributed by atoms with Gasteiger partial charge in [-0.2, -0.15) is 5.10 Å². The van der Waals surface area contributed by atoms with Crippen molar-refractivity contribution in [3.63, 3.8) is 0 Å². The Hall–Kier alpha value is -1.61. The molecule has 0 saturated carbocycles. The summed E-state index contributed by atoms with van der Waals surface area (Å²) in [6.07, 6.45) is 0. The summed E-state index contributed by atoms with van der Waals surface area (Å²) in [6, 6.07) is 3.92. The molecule has 0 unspecified atom stereocenters. The van der Waals surface area contributed by atoms with E-state index in [1.807, 2.05) is 0 Å². The molecule has 0 atom stereocenters. The molecule has 1 aromatic carbocycles. The first-order chi connectivity index (χ1) is 9.22. The topological polar surface area (TPSA) is 90.0 Å². The first-order valence-corrected chi connectivity index (χ1v) is 7.77. The lowest BCUT2D eigenvalue weighted by molar-refractivity contribution is 0.600. The van der Waals surface area contributed by atoms with Gasteiger partial charge in [0.1, 0.15) is 5.82 Å². The lowest BCUT2D eigenvalue weighted by atomic mass is 10.3. The van der Waals surface area contributed by atoms with Gasteiger partial charge in [-0.3, -0.25) is 9.40 Å². The van der Waals surface area contributed by atoms with E-state index in [0.717, 1.165) is 6.07 Å². The Balaban J connectivity index is 2.43. The molecule has 6 nitrogen and oxygen atoms in total. The van der Waals surface area contributed by atoms with Crippen LogP contribution in [-0.2, 0) is 17.1 Å². The smallest absolute Gasteiger partial charge is 0.267 e. The first kappa shape index (κ1) is 14.8. The predicted octanol–water partition coefficient (Wildman–Crippen LogP) is 2.01. The summed E-state index contributed by atoms with van der Waals surface area (Å²) >= 11 is 2.99. The summed E-state index contributed by atoms with van der Waals surface area (Å²) in [6.45, 7) is 1.58. The van der Waals surface area contributed by atoms with E-state index in [4.69, 9.17) is 5.73 Å². The number of rotatable bonds is 3. The van der Waals surface area contributed by atoms with Gasteiger partial charge in [0, 0.05) is 7.05 Å². The van der Waals surface area contributed by atoms with Gasteiger partial charge in [0.15, 0.2) is 10.7 Å². The minimum Gasteiger partial charge on any atom is -0.381 e.